The van der Waals surface area contributed by atoms with E-state index in [1.54, 1.807) is 0 Å². The molecular formula is C15H11ClS. The van der Waals surface area contributed by atoms with Gasteiger partial charge >= 0.3 is 0 Å². The minimum atomic E-state index is 0.699. The van der Waals surface area contributed by atoms with Gasteiger partial charge in [0.05, 0.1) is 5.02 Å². The first-order valence-corrected chi connectivity index (χ1v) is 6.44. The first-order valence-electron chi connectivity index (χ1n) is 5.25. The van der Waals surface area contributed by atoms with Crippen molar-refractivity contribution in [1.82, 2.24) is 0 Å². The van der Waals surface area contributed by atoms with E-state index in [-0.39, 0.29) is 0 Å². The topological polar surface area (TPSA) is 0 Å². The van der Waals surface area contributed by atoms with E-state index in [0.29, 0.717) is 5.02 Å². The fourth-order valence-corrected chi connectivity index (χ4v) is 2.04. The lowest BCUT2D eigenvalue weighted by atomic mass is 10.2. The molecule has 0 saturated heterocycles. The molecule has 0 N–H and O–H groups in total. The summed E-state index contributed by atoms with van der Waals surface area (Å²) in [6.45, 7) is 2.07. The van der Waals surface area contributed by atoms with Crippen molar-refractivity contribution < 1.29 is 0 Å². The van der Waals surface area contributed by atoms with Crippen LogP contribution in [0, 0.1) is 18.1 Å². The smallest absolute Gasteiger partial charge is 0.0562 e. The molecule has 0 amide bonds. The van der Waals surface area contributed by atoms with Crippen molar-refractivity contribution in [3.05, 3.63) is 64.7 Å². The molecule has 0 spiro atoms. The molecule has 0 nitrogen and oxygen atoms in total. The Morgan fingerprint density at radius 3 is 2.41 bits per heavy atom. The molecule has 84 valence electrons. The molecule has 2 aromatic rings. The summed E-state index contributed by atoms with van der Waals surface area (Å²) >= 11 is 7.53. The van der Waals surface area contributed by atoms with Gasteiger partial charge in [-0.2, -0.15) is 0 Å². The highest BCUT2D eigenvalue weighted by atomic mass is 35.5. The highest BCUT2D eigenvalue weighted by Gasteiger charge is 1.93. The summed E-state index contributed by atoms with van der Waals surface area (Å²) in [5.41, 5.74) is 2.13. The van der Waals surface area contributed by atoms with Crippen LogP contribution in [0.5, 0.6) is 0 Å². The summed E-state index contributed by atoms with van der Waals surface area (Å²) < 4.78 is 0. The minimum absolute atomic E-state index is 0.699. The van der Waals surface area contributed by atoms with Crippen molar-refractivity contribution in [2.45, 2.75) is 11.8 Å². The van der Waals surface area contributed by atoms with Crippen molar-refractivity contribution >= 4 is 23.4 Å². The highest BCUT2D eigenvalue weighted by Crippen LogP contribution is 2.18. The van der Waals surface area contributed by atoms with Gasteiger partial charge in [0.25, 0.3) is 0 Å². The van der Waals surface area contributed by atoms with E-state index in [4.69, 9.17) is 11.6 Å². The standard InChI is InChI=1S/C15H11ClS/c1-12-6-8-14(9-7-12)17-11-10-13-4-2-3-5-15(13)16/h2-9H,1H3. The number of benzene rings is 2. The van der Waals surface area contributed by atoms with Crippen LogP contribution in [0.3, 0.4) is 0 Å². The van der Waals surface area contributed by atoms with Crippen LogP contribution in [-0.2, 0) is 0 Å². The van der Waals surface area contributed by atoms with Gasteiger partial charge in [0, 0.05) is 10.5 Å². The molecule has 0 bridgehead atoms. The third kappa shape index (κ3) is 3.56. The third-order valence-electron chi connectivity index (χ3n) is 2.25. The van der Waals surface area contributed by atoms with Gasteiger partial charge in [-0.15, -0.1) is 0 Å². The van der Waals surface area contributed by atoms with Crippen molar-refractivity contribution in [3.8, 4) is 11.2 Å². The second-order valence-electron chi connectivity index (χ2n) is 3.62. The van der Waals surface area contributed by atoms with Gasteiger partial charge in [-0.3, -0.25) is 0 Å². The molecule has 0 aliphatic carbocycles. The number of halogens is 1. The number of aryl methyl sites for hydroxylation is 1. The molecular weight excluding hydrogens is 248 g/mol. The van der Waals surface area contributed by atoms with Crippen LogP contribution in [0.25, 0.3) is 0 Å². The Labute approximate surface area is 111 Å². The maximum Gasteiger partial charge on any atom is 0.0562 e. The summed E-state index contributed by atoms with van der Waals surface area (Å²) in [6, 6.07) is 15.9. The second-order valence-corrected chi connectivity index (χ2v) is 4.91. The maximum atomic E-state index is 6.02. The number of rotatable bonds is 1. The zero-order valence-corrected chi connectivity index (χ0v) is 11.0. The van der Waals surface area contributed by atoms with Crippen LogP contribution in [0.1, 0.15) is 11.1 Å². The quantitative estimate of drug-likeness (QED) is 0.525. The highest BCUT2D eigenvalue weighted by molar-refractivity contribution is 8.03. The molecule has 17 heavy (non-hydrogen) atoms. The maximum absolute atomic E-state index is 6.02. The molecule has 2 rings (SSSR count). The Balaban J connectivity index is 2.09. The lowest BCUT2D eigenvalue weighted by molar-refractivity contribution is 1.38. The average molecular weight is 259 g/mol. The molecule has 2 aromatic carbocycles. The molecule has 0 unspecified atom stereocenters. The number of thioether (sulfide) groups is 1. The molecule has 0 radical (unpaired) electrons. The fourth-order valence-electron chi connectivity index (χ4n) is 1.31. The number of hydrogen-bond acceptors (Lipinski definition) is 1. The summed E-state index contributed by atoms with van der Waals surface area (Å²) in [5, 5.41) is 3.76. The Kier molecular flexibility index (Phi) is 4.14. The van der Waals surface area contributed by atoms with E-state index >= 15 is 0 Å². The average Bonchev–Trinajstić information content (AvgIpc) is 2.34. The lowest BCUT2D eigenvalue weighted by Gasteiger charge is -1.95. The van der Waals surface area contributed by atoms with E-state index < -0.39 is 0 Å². The van der Waals surface area contributed by atoms with Crippen molar-refractivity contribution in [1.29, 1.82) is 0 Å². The molecule has 0 fully saturated rings. The van der Waals surface area contributed by atoms with Gasteiger partial charge in [0.2, 0.25) is 0 Å². The Morgan fingerprint density at radius 2 is 1.71 bits per heavy atom. The molecule has 0 aliphatic rings. The predicted molar refractivity (Wildman–Crippen MR) is 75.4 cm³/mol. The zero-order chi connectivity index (χ0) is 12.1. The SMILES string of the molecule is Cc1ccc(SC#Cc2ccccc2Cl)cc1. The molecule has 0 saturated carbocycles. The Hall–Kier alpha value is -1.36. The predicted octanol–water partition coefficient (Wildman–Crippen LogP) is 4.75. The summed E-state index contributed by atoms with van der Waals surface area (Å²) in [7, 11) is 0. The van der Waals surface area contributed by atoms with Crippen LogP contribution in [0.4, 0.5) is 0 Å². The Bertz CT molecular complexity index is 561. The molecule has 0 aromatic heterocycles. The largest absolute Gasteiger partial charge is 0.0830 e. The lowest BCUT2D eigenvalue weighted by Crippen LogP contribution is -1.74. The van der Waals surface area contributed by atoms with Gasteiger partial charge in [-0.05, 0) is 48.2 Å². The van der Waals surface area contributed by atoms with Crippen LogP contribution >= 0.6 is 23.4 Å². The normalized spacial score (nSPS) is 9.53. The molecule has 0 atom stereocenters. The molecule has 0 heterocycles. The van der Waals surface area contributed by atoms with Gasteiger partial charge in [0.15, 0.2) is 0 Å². The van der Waals surface area contributed by atoms with E-state index in [1.807, 2.05) is 24.3 Å². The van der Waals surface area contributed by atoms with Gasteiger partial charge in [0.1, 0.15) is 0 Å². The van der Waals surface area contributed by atoms with Crippen LogP contribution in [-0.4, -0.2) is 0 Å². The fraction of sp³-hybridized carbons (Fsp3) is 0.0667. The summed E-state index contributed by atoms with van der Waals surface area (Å²) in [5.74, 6) is 3.06. The van der Waals surface area contributed by atoms with Crippen molar-refractivity contribution in [2.24, 2.45) is 0 Å². The van der Waals surface area contributed by atoms with E-state index in [1.165, 1.54) is 17.3 Å². The van der Waals surface area contributed by atoms with Gasteiger partial charge in [-0.25, -0.2) is 0 Å². The second kappa shape index (κ2) is 5.82. The minimum Gasteiger partial charge on any atom is -0.0830 e. The van der Waals surface area contributed by atoms with Crippen LogP contribution in [0.15, 0.2) is 53.4 Å². The van der Waals surface area contributed by atoms with Gasteiger partial charge < -0.3 is 0 Å². The third-order valence-corrected chi connectivity index (χ3v) is 3.29. The van der Waals surface area contributed by atoms with Crippen molar-refractivity contribution in [3.63, 3.8) is 0 Å². The van der Waals surface area contributed by atoms with Crippen molar-refractivity contribution in [2.75, 3.05) is 0 Å². The van der Waals surface area contributed by atoms with Gasteiger partial charge in [-0.1, -0.05) is 47.4 Å². The van der Waals surface area contributed by atoms with Crippen LogP contribution < -0.4 is 0 Å². The zero-order valence-electron chi connectivity index (χ0n) is 9.41. The van der Waals surface area contributed by atoms with E-state index in [2.05, 4.69) is 42.4 Å². The number of hydrogen-bond donors (Lipinski definition) is 0. The first-order chi connectivity index (χ1) is 8.25. The van der Waals surface area contributed by atoms with E-state index in [0.717, 1.165) is 10.5 Å². The summed E-state index contributed by atoms with van der Waals surface area (Å²) in [4.78, 5) is 1.15. The molecule has 0 aliphatic heterocycles. The van der Waals surface area contributed by atoms with E-state index in [9.17, 15) is 0 Å². The monoisotopic (exact) mass is 258 g/mol. The van der Waals surface area contributed by atoms with Crippen LogP contribution in [0.2, 0.25) is 5.02 Å². The first kappa shape index (κ1) is 12.1. The summed E-state index contributed by atoms with van der Waals surface area (Å²) in [6.07, 6.45) is 0. The Morgan fingerprint density at radius 1 is 1.00 bits per heavy atom. The molecule has 2 heteroatoms.